The standard InChI is InChI=1S/C10H19NO2.C8H14O.C2H6O/c11-10(12)6-7-13-8-9-4-2-1-3-5-9;1-6(2)8(9)7-4-3-5-7;1-3-2/h9H,1-8H2,(H2,11,12);6-7H,3-5H2,1-2H3;1-2H3. The number of ketones is 1. The largest absolute Gasteiger partial charge is 0.388 e. The van der Waals surface area contributed by atoms with Gasteiger partial charge in [-0.2, -0.15) is 0 Å². The first kappa shape index (κ1) is 24.1. The van der Waals surface area contributed by atoms with Crippen LogP contribution in [0.2, 0.25) is 0 Å². The Morgan fingerprint density at radius 1 is 1.00 bits per heavy atom. The Kier molecular flexibility index (Phi) is 14.7. The molecule has 2 fully saturated rings. The topological polar surface area (TPSA) is 78.6 Å². The summed E-state index contributed by atoms with van der Waals surface area (Å²) in [5, 5.41) is 0. The molecule has 0 aliphatic heterocycles. The molecule has 2 aliphatic carbocycles. The number of hydrogen-bond acceptors (Lipinski definition) is 4. The molecule has 0 spiro atoms. The van der Waals surface area contributed by atoms with Gasteiger partial charge in [-0.1, -0.05) is 39.5 Å². The minimum absolute atomic E-state index is 0.260. The highest BCUT2D eigenvalue weighted by Gasteiger charge is 2.26. The molecule has 2 N–H and O–H groups in total. The lowest BCUT2D eigenvalue weighted by Gasteiger charge is -2.25. The van der Waals surface area contributed by atoms with Gasteiger partial charge in [0.25, 0.3) is 0 Å². The predicted octanol–water partition coefficient (Wildman–Crippen LogP) is 3.73. The first-order valence-corrected chi connectivity index (χ1v) is 9.72. The molecule has 5 heteroatoms. The summed E-state index contributed by atoms with van der Waals surface area (Å²) in [4.78, 5) is 21.5. The molecule has 1 amide bonds. The van der Waals surface area contributed by atoms with Gasteiger partial charge in [0.15, 0.2) is 0 Å². The average molecular weight is 358 g/mol. The van der Waals surface area contributed by atoms with Gasteiger partial charge in [0, 0.05) is 39.1 Å². The minimum Gasteiger partial charge on any atom is -0.388 e. The minimum atomic E-state index is -0.274. The highest BCUT2D eigenvalue weighted by atomic mass is 16.5. The lowest BCUT2D eigenvalue weighted by atomic mass is 9.79. The molecule has 0 unspecified atom stereocenters. The number of primary amides is 1. The summed E-state index contributed by atoms with van der Waals surface area (Å²) in [7, 11) is 3.25. The van der Waals surface area contributed by atoms with Gasteiger partial charge in [0.05, 0.1) is 6.61 Å². The van der Waals surface area contributed by atoms with Gasteiger partial charge >= 0.3 is 0 Å². The summed E-state index contributed by atoms with van der Waals surface area (Å²) in [5.41, 5.74) is 4.99. The second-order valence-corrected chi connectivity index (χ2v) is 7.39. The third-order valence-electron chi connectivity index (χ3n) is 4.65. The van der Waals surface area contributed by atoms with E-state index >= 15 is 0 Å². The van der Waals surface area contributed by atoms with Crippen LogP contribution in [0.3, 0.4) is 0 Å². The highest BCUT2D eigenvalue weighted by Crippen LogP contribution is 2.29. The Labute approximate surface area is 154 Å². The normalized spacial score (nSPS) is 17.6. The zero-order valence-electron chi connectivity index (χ0n) is 16.7. The van der Waals surface area contributed by atoms with Gasteiger partial charge < -0.3 is 15.2 Å². The third kappa shape index (κ3) is 13.0. The van der Waals surface area contributed by atoms with Crippen LogP contribution in [0.1, 0.15) is 71.6 Å². The van der Waals surface area contributed by atoms with Crippen LogP contribution in [0.5, 0.6) is 0 Å². The van der Waals surface area contributed by atoms with E-state index in [9.17, 15) is 9.59 Å². The van der Waals surface area contributed by atoms with E-state index in [0.29, 0.717) is 24.7 Å². The average Bonchev–Trinajstić information content (AvgIpc) is 2.52. The van der Waals surface area contributed by atoms with Crippen molar-refractivity contribution in [2.75, 3.05) is 27.4 Å². The van der Waals surface area contributed by atoms with Crippen molar-refractivity contribution in [1.29, 1.82) is 0 Å². The van der Waals surface area contributed by atoms with Crippen molar-refractivity contribution in [3.63, 3.8) is 0 Å². The molecule has 0 bridgehead atoms. The number of Topliss-reactive ketones (excluding diaryl/α,β-unsaturated/α-hetero) is 1. The van der Waals surface area contributed by atoms with Crippen LogP contribution in [-0.4, -0.2) is 39.1 Å². The molecule has 2 saturated carbocycles. The third-order valence-corrected chi connectivity index (χ3v) is 4.65. The fourth-order valence-electron chi connectivity index (χ4n) is 2.94. The van der Waals surface area contributed by atoms with Crippen molar-refractivity contribution in [2.24, 2.45) is 23.5 Å². The molecule has 25 heavy (non-hydrogen) atoms. The quantitative estimate of drug-likeness (QED) is 0.704. The molecule has 5 nitrogen and oxygen atoms in total. The number of carbonyl (C=O) groups is 2. The molecule has 0 atom stereocenters. The van der Waals surface area contributed by atoms with Crippen molar-refractivity contribution in [3.05, 3.63) is 0 Å². The molecule has 0 aromatic heterocycles. The number of amides is 1. The molecule has 0 heterocycles. The molecule has 148 valence electrons. The summed E-state index contributed by atoms with van der Waals surface area (Å²) in [6, 6.07) is 0. The predicted molar refractivity (Wildman–Crippen MR) is 101 cm³/mol. The van der Waals surface area contributed by atoms with Crippen LogP contribution in [0.4, 0.5) is 0 Å². The van der Waals surface area contributed by atoms with Crippen LogP contribution in [0.15, 0.2) is 0 Å². The number of hydrogen-bond donors (Lipinski definition) is 1. The number of carbonyl (C=O) groups excluding carboxylic acids is 2. The number of ether oxygens (including phenoxy) is 2. The van der Waals surface area contributed by atoms with Crippen molar-refractivity contribution < 1.29 is 19.1 Å². The lowest BCUT2D eigenvalue weighted by molar-refractivity contribution is -0.128. The summed E-state index contributed by atoms with van der Waals surface area (Å²) < 4.78 is 9.63. The summed E-state index contributed by atoms with van der Waals surface area (Å²) in [5.74, 6) is 1.62. The van der Waals surface area contributed by atoms with E-state index in [1.165, 1.54) is 38.5 Å². The Balaban J connectivity index is 0.000000417. The zero-order valence-corrected chi connectivity index (χ0v) is 16.7. The Morgan fingerprint density at radius 3 is 1.92 bits per heavy atom. The van der Waals surface area contributed by atoms with Gasteiger partial charge in [0.1, 0.15) is 5.78 Å². The zero-order chi connectivity index (χ0) is 19.1. The molecule has 2 aliphatic rings. The SMILES string of the molecule is CC(C)C(=O)C1CCC1.COC.NC(=O)CCOCC1CCCCC1. The van der Waals surface area contributed by atoms with E-state index in [1.807, 2.05) is 13.8 Å². The molecule has 0 aromatic rings. The Morgan fingerprint density at radius 2 is 1.56 bits per heavy atom. The van der Waals surface area contributed by atoms with Crippen molar-refractivity contribution in [2.45, 2.75) is 71.6 Å². The van der Waals surface area contributed by atoms with Gasteiger partial charge in [-0.3, -0.25) is 9.59 Å². The fourth-order valence-corrected chi connectivity index (χ4v) is 2.94. The monoisotopic (exact) mass is 357 g/mol. The van der Waals surface area contributed by atoms with Crippen LogP contribution < -0.4 is 5.73 Å². The molecular formula is C20H39NO4. The van der Waals surface area contributed by atoms with Gasteiger partial charge in [0.2, 0.25) is 5.91 Å². The Hall–Kier alpha value is -0.940. The van der Waals surface area contributed by atoms with E-state index in [0.717, 1.165) is 25.4 Å². The van der Waals surface area contributed by atoms with Crippen molar-refractivity contribution in [3.8, 4) is 0 Å². The van der Waals surface area contributed by atoms with Crippen LogP contribution in [0, 0.1) is 17.8 Å². The van der Waals surface area contributed by atoms with E-state index in [2.05, 4.69) is 4.74 Å². The fraction of sp³-hybridized carbons (Fsp3) is 0.900. The van der Waals surface area contributed by atoms with E-state index in [4.69, 9.17) is 10.5 Å². The van der Waals surface area contributed by atoms with Crippen molar-refractivity contribution in [1.82, 2.24) is 0 Å². The van der Waals surface area contributed by atoms with E-state index in [1.54, 1.807) is 14.2 Å². The van der Waals surface area contributed by atoms with Gasteiger partial charge in [-0.15, -0.1) is 0 Å². The van der Waals surface area contributed by atoms with Gasteiger partial charge in [-0.25, -0.2) is 0 Å². The second kappa shape index (κ2) is 15.3. The molecule has 0 aromatic carbocycles. The maximum absolute atomic E-state index is 11.1. The molecule has 0 saturated heterocycles. The number of nitrogens with two attached hydrogens (primary N) is 1. The lowest BCUT2D eigenvalue weighted by Crippen LogP contribution is -2.25. The summed E-state index contributed by atoms with van der Waals surface area (Å²) in [6.07, 6.45) is 10.5. The smallest absolute Gasteiger partial charge is 0.219 e. The van der Waals surface area contributed by atoms with Crippen LogP contribution in [-0.2, 0) is 19.1 Å². The first-order valence-electron chi connectivity index (χ1n) is 9.72. The second-order valence-electron chi connectivity index (χ2n) is 7.39. The van der Waals surface area contributed by atoms with Crippen molar-refractivity contribution >= 4 is 11.7 Å². The number of methoxy groups -OCH3 is 1. The first-order chi connectivity index (χ1) is 11.9. The van der Waals surface area contributed by atoms with E-state index in [-0.39, 0.29) is 11.8 Å². The Bertz CT molecular complexity index is 348. The molecule has 2 rings (SSSR count). The molecular weight excluding hydrogens is 318 g/mol. The van der Waals surface area contributed by atoms with E-state index < -0.39 is 0 Å². The maximum atomic E-state index is 11.1. The van der Waals surface area contributed by atoms with Gasteiger partial charge in [-0.05, 0) is 31.6 Å². The maximum Gasteiger partial charge on any atom is 0.219 e. The summed E-state index contributed by atoms with van der Waals surface area (Å²) >= 11 is 0. The molecule has 0 radical (unpaired) electrons. The number of rotatable bonds is 7. The highest BCUT2D eigenvalue weighted by molar-refractivity contribution is 5.83. The van der Waals surface area contributed by atoms with Crippen LogP contribution in [0.25, 0.3) is 0 Å². The van der Waals surface area contributed by atoms with Crippen LogP contribution >= 0.6 is 0 Å². The summed E-state index contributed by atoms with van der Waals surface area (Å²) in [6.45, 7) is 5.28.